The zero-order valence-electron chi connectivity index (χ0n) is 22.0. The zero-order valence-corrected chi connectivity index (χ0v) is 22.0. The number of hydrogen-bond acceptors (Lipinski definition) is 9. The topological polar surface area (TPSA) is 119 Å². The molecule has 10 nitrogen and oxygen atoms in total. The van der Waals surface area contributed by atoms with Gasteiger partial charge in [-0.2, -0.15) is 0 Å². The van der Waals surface area contributed by atoms with Gasteiger partial charge in [-0.1, -0.05) is 18.2 Å². The first kappa shape index (κ1) is 24.9. The van der Waals surface area contributed by atoms with Gasteiger partial charge in [0.25, 0.3) is 0 Å². The van der Waals surface area contributed by atoms with Crippen LogP contribution in [0.4, 0.5) is 0 Å². The minimum Gasteiger partial charge on any atom is -0.493 e. The van der Waals surface area contributed by atoms with Gasteiger partial charge in [-0.3, -0.25) is 9.69 Å². The second-order valence-electron chi connectivity index (χ2n) is 9.58. The molecular weight excluding hydrogens is 504 g/mol. The van der Waals surface area contributed by atoms with Crippen molar-refractivity contribution in [2.45, 2.75) is 18.6 Å². The van der Waals surface area contributed by atoms with Gasteiger partial charge in [0.05, 0.1) is 27.4 Å². The van der Waals surface area contributed by atoms with Crippen molar-refractivity contribution in [2.75, 3.05) is 41.7 Å². The minimum absolute atomic E-state index is 0.0237. The highest BCUT2D eigenvalue weighted by atomic mass is 16.7. The molecule has 0 radical (unpaired) electrons. The molecule has 1 amide bonds. The number of carbonyl (C=O) groups excluding carboxylic acids is 2. The lowest BCUT2D eigenvalue weighted by atomic mass is 9.81. The fourth-order valence-corrected chi connectivity index (χ4v) is 5.96. The van der Waals surface area contributed by atoms with Gasteiger partial charge >= 0.3 is 5.97 Å². The SMILES string of the molecule is COc1ccc2c(c1OC)C(=O)O[C@@H]2[C@H]1c2c(c(-c3cccc(C(N)=O)c3)c3c(c2OC)OCO3)CCN1C. The number of methoxy groups -OCH3 is 3. The molecule has 10 heteroatoms. The number of rotatable bonds is 6. The number of esters is 1. The molecule has 0 bridgehead atoms. The first-order valence-corrected chi connectivity index (χ1v) is 12.5. The lowest BCUT2D eigenvalue weighted by Gasteiger charge is -2.39. The predicted molar refractivity (Wildman–Crippen MR) is 140 cm³/mol. The number of nitrogens with two attached hydrogens (primary N) is 1. The summed E-state index contributed by atoms with van der Waals surface area (Å²) in [6.45, 7) is 0.690. The number of likely N-dealkylation sites (N-methyl/N-ethyl adjacent to an activating group) is 1. The van der Waals surface area contributed by atoms with Crippen LogP contribution in [0.5, 0.6) is 28.7 Å². The van der Waals surface area contributed by atoms with E-state index in [1.54, 1.807) is 31.4 Å². The molecule has 2 atom stereocenters. The molecule has 0 saturated carbocycles. The van der Waals surface area contributed by atoms with E-state index in [4.69, 9.17) is 34.2 Å². The minimum atomic E-state index is -0.657. The summed E-state index contributed by atoms with van der Waals surface area (Å²) in [7, 11) is 6.59. The smallest absolute Gasteiger partial charge is 0.343 e. The highest BCUT2D eigenvalue weighted by Gasteiger charge is 2.47. The Labute approximate surface area is 225 Å². The van der Waals surface area contributed by atoms with Gasteiger partial charge in [-0.05, 0) is 42.8 Å². The summed E-state index contributed by atoms with van der Waals surface area (Å²) in [6, 6.07) is 10.3. The Hall–Kier alpha value is -4.44. The van der Waals surface area contributed by atoms with Crippen LogP contribution in [-0.2, 0) is 11.2 Å². The second kappa shape index (κ2) is 9.39. The van der Waals surface area contributed by atoms with E-state index in [0.29, 0.717) is 58.4 Å². The number of ether oxygens (including phenoxy) is 6. The summed E-state index contributed by atoms with van der Waals surface area (Å²) in [4.78, 5) is 27.4. The monoisotopic (exact) mass is 532 g/mol. The third kappa shape index (κ3) is 3.66. The van der Waals surface area contributed by atoms with Gasteiger partial charge in [0.1, 0.15) is 11.7 Å². The third-order valence-corrected chi connectivity index (χ3v) is 7.65. The van der Waals surface area contributed by atoms with Crippen LogP contribution in [0.1, 0.15) is 49.6 Å². The van der Waals surface area contributed by atoms with E-state index >= 15 is 0 Å². The van der Waals surface area contributed by atoms with Crippen LogP contribution in [0.3, 0.4) is 0 Å². The summed E-state index contributed by atoms with van der Waals surface area (Å²) < 4.78 is 34.9. The van der Waals surface area contributed by atoms with E-state index in [9.17, 15) is 9.59 Å². The largest absolute Gasteiger partial charge is 0.493 e. The van der Waals surface area contributed by atoms with Crippen LogP contribution < -0.4 is 29.4 Å². The average Bonchev–Trinajstić information content (AvgIpc) is 3.55. The Morgan fingerprint density at radius 1 is 1.00 bits per heavy atom. The lowest BCUT2D eigenvalue weighted by molar-refractivity contribution is 0.00877. The van der Waals surface area contributed by atoms with Crippen LogP contribution in [0.25, 0.3) is 11.1 Å². The van der Waals surface area contributed by atoms with E-state index in [-0.39, 0.29) is 6.79 Å². The molecule has 0 aliphatic carbocycles. The fourth-order valence-electron chi connectivity index (χ4n) is 5.96. The number of carbonyl (C=O) groups is 2. The average molecular weight is 533 g/mol. The predicted octanol–water partition coefficient (Wildman–Crippen LogP) is 3.65. The third-order valence-electron chi connectivity index (χ3n) is 7.65. The van der Waals surface area contributed by atoms with Crippen molar-refractivity contribution >= 4 is 11.9 Å². The molecule has 3 aliphatic rings. The van der Waals surface area contributed by atoms with Crippen molar-refractivity contribution in [3.63, 3.8) is 0 Å². The Balaban J connectivity index is 1.60. The first-order valence-electron chi connectivity index (χ1n) is 12.5. The maximum atomic E-state index is 13.2. The first-order chi connectivity index (χ1) is 18.9. The summed E-state index contributed by atoms with van der Waals surface area (Å²) in [5.41, 5.74) is 10.4. The normalized spacial score (nSPS) is 19.2. The van der Waals surface area contributed by atoms with Crippen molar-refractivity contribution < 1.29 is 38.0 Å². The number of nitrogens with zero attached hydrogens (tertiary/aromatic N) is 1. The van der Waals surface area contributed by atoms with Crippen LogP contribution in [-0.4, -0.2) is 58.5 Å². The van der Waals surface area contributed by atoms with Crippen molar-refractivity contribution in [1.29, 1.82) is 0 Å². The quantitative estimate of drug-likeness (QED) is 0.475. The van der Waals surface area contributed by atoms with Crippen LogP contribution >= 0.6 is 0 Å². The summed E-state index contributed by atoms with van der Waals surface area (Å²) >= 11 is 0. The van der Waals surface area contributed by atoms with Gasteiger partial charge in [-0.15, -0.1) is 0 Å². The van der Waals surface area contributed by atoms with E-state index in [1.807, 2.05) is 19.2 Å². The fraction of sp³-hybridized carbons (Fsp3) is 0.310. The molecular formula is C29H28N2O8. The van der Waals surface area contributed by atoms with Crippen LogP contribution in [0.2, 0.25) is 0 Å². The number of hydrogen-bond donors (Lipinski definition) is 1. The molecule has 3 aromatic rings. The molecule has 202 valence electrons. The molecule has 0 aromatic heterocycles. The van der Waals surface area contributed by atoms with Crippen LogP contribution in [0.15, 0.2) is 36.4 Å². The van der Waals surface area contributed by atoms with Gasteiger partial charge < -0.3 is 34.2 Å². The Kier molecular flexibility index (Phi) is 5.99. The standard InChI is InChI=1S/C29H28N2O8/c1-31-11-10-16-19(14-6-5-7-15(12-14)28(30)32)26-27(38-13-37-26)25(36-4)20(16)22(31)23-17-8-9-18(34-2)24(35-3)21(17)29(33)39-23/h5-9,12,22-23H,10-11,13H2,1-4H3,(H2,30,32)/t22-,23+/m1/s1. The maximum Gasteiger partial charge on any atom is 0.343 e. The summed E-state index contributed by atoms with van der Waals surface area (Å²) in [5, 5.41) is 0. The van der Waals surface area contributed by atoms with Gasteiger partial charge in [0, 0.05) is 28.8 Å². The molecule has 2 N–H and O–H groups in total. The van der Waals surface area contributed by atoms with E-state index in [0.717, 1.165) is 22.3 Å². The summed E-state index contributed by atoms with van der Waals surface area (Å²) in [5.74, 6) is 1.31. The molecule has 0 saturated heterocycles. The van der Waals surface area contributed by atoms with Crippen molar-refractivity contribution in [3.8, 4) is 39.9 Å². The highest BCUT2D eigenvalue weighted by Crippen LogP contribution is 2.58. The number of cyclic esters (lactones) is 1. The Morgan fingerprint density at radius 3 is 2.49 bits per heavy atom. The van der Waals surface area contributed by atoms with Gasteiger partial charge in [-0.25, -0.2) is 4.79 Å². The number of primary amides is 1. The molecule has 39 heavy (non-hydrogen) atoms. The van der Waals surface area contributed by atoms with Crippen LogP contribution in [0, 0.1) is 0 Å². The zero-order chi connectivity index (χ0) is 27.4. The Bertz CT molecular complexity index is 1520. The lowest BCUT2D eigenvalue weighted by Crippen LogP contribution is -2.36. The molecule has 3 aliphatic heterocycles. The van der Waals surface area contributed by atoms with E-state index in [1.165, 1.54) is 14.2 Å². The molecule has 0 unspecified atom stereocenters. The summed E-state index contributed by atoms with van der Waals surface area (Å²) in [6.07, 6.45) is 0.000654. The molecule has 3 aromatic carbocycles. The second-order valence-corrected chi connectivity index (χ2v) is 9.58. The van der Waals surface area contributed by atoms with Crippen molar-refractivity contribution in [1.82, 2.24) is 4.90 Å². The molecule has 6 rings (SSSR count). The maximum absolute atomic E-state index is 13.2. The van der Waals surface area contributed by atoms with Gasteiger partial charge in [0.15, 0.2) is 23.0 Å². The van der Waals surface area contributed by atoms with E-state index < -0.39 is 24.0 Å². The highest BCUT2D eigenvalue weighted by molar-refractivity contribution is 5.98. The molecule has 0 spiro atoms. The molecule has 3 heterocycles. The van der Waals surface area contributed by atoms with Gasteiger partial charge in [0.2, 0.25) is 18.4 Å². The Morgan fingerprint density at radius 2 is 1.77 bits per heavy atom. The molecule has 0 fully saturated rings. The van der Waals surface area contributed by atoms with Crippen molar-refractivity contribution in [2.24, 2.45) is 5.73 Å². The van der Waals surface area contributed by atoms with E-state index in [2.05, 4.69) is 4.90 Å². The number of benzene rings is 3. The number of fused-ring (bicyclic) bond motifs is 3. The number of amides is 1. The van der Waals surface area contributed by atoms with Crippen molar-refractivity contribution in [3.05, 3.63) is 64.2 Å².